The molecular weight excluding hydrogens is 1360 g/mol. The zero-order valence-electron chi connectivity index (χ0n) is 51.3. The molecule has 0 aliphatic rings. The number of hydrogen-bond donors (Lipinski definition) is 6. The first-order valence-corrected chi connectivity index (χ1v) is 30.5. The molecule has 0 saturated carbocycles. The smallest absolute Gasteiger partial charge is 0.308 e. The number of carboxylic acid groups (broad SMARTS) is 3. The average Bonchev–Trinajstić information content (AvgIpc) is 0.876. The maximum atomic E-state index is 13.3. The lowest BCUT2D eigenvalue weighted by atomic mass is 10.1. The van der Waals surface area contributed by atoms with Gasteiger partial charge in [-0.1, -0.05) is 112 Å². The minimum Gasteiger partial charge on any atom is -0.481 e. The van der Waals surface area contributed by atoms with E-state index >= 15 is 0 Å². The molecule has 0 radical (unpaired) electrons. The number of benzene rings is 6. The summed E-state index contributed by atoms with van der Waals surface area (Å²) in [4.78, 5) is 102. The molecule has 9 aromatic rings. The topological polar surface area (TPSA) is 286 Å². The van der Waals surface area contributed by atoms with Crippen molar-refractivity contribution in [1.82, 2.24) is 29.9 Å². The minimum absolute atomic E-state index is 0.00585. The summed E-state index contributed by atoms with van der Waals surface area (Å²) in [6.45, 7) is 0. The normalized spacial score (nSPS) is 10.6. The molecule has 492 valence electrons. The first-order valence-electron chi connectivity index (χ1n) is 28.2. The number of nitrogens with one attached hydrogen (secondary N) is 3. The molecule has 29 heteroatoms. The highest BCUT2D eigenvalue weighted by molar-refractivity contribution is 6.35. The van der Waals surface area contributed by atoms with Crippen LogP contribution < -0.4 is 30.7 Å². The SMILES string of the molecule is CN(C)c1nc(Cc2ccc(NC(=O)c3cc(Cl)cc(Cl)c3)cc2)nc(Cl)c1CC(=O)O.CN(C)c1nc(Cc2ccc(NC(=O)c3ccc(F)c(F)c3)cc2)nc(Cl)c1CC(=O)O.CN(C)c1nc(Cc2ccc(NC(=O)c3cccc(Cl)c3)cc2)nc(Cl)c1CC(=O)O. The zero-order valence-corrected chi connectivity index (χ0v) is 55.8. The van der Waals surface area contributed by atoms with E-state index in [4.69, 9.17) is 84.9 Å². The predicted molar refractivity (Wildman–Crippen MR) is 364 cm³/mol. The van der Waals surface area contributed by atoms with Gasteiger partial charge in [0.25, 0.3) is 17.7 Å². The van der Waals surface area contributed by atoms with Crippen molar-refractivity contribution in [3.05, 3.63) is 243 Å². The first kappa shape index (κ1) is 72.8. The second-order valence-corrected chi connectivity index (χ2v) is 23.8. The molecular formula is C66H58Cl6F2N12O9. The second-order valence-electron chi connectivity index (χ2n) is 21.4. The molecule has 6 aromatic carbocycles. The standard InChI is InChI=1S/C22H19Cl3N4O3.C22H20Cl2N4O3.C22H19ClF2N4O3/c1-29(2)21-17(11-19(30)31)20(25)27-18(28-21)7-12-3-5-16(6-4-12)26-22(32)13-8-14(23)10-15(24)9-13;1-28(2)21-17(12-19(29)30)20(24)26-18(27-21)10-13-6-8-16(9-7-13)25-22(31)14-4-3-5-15(23)11-14;1-29(2)21-15(11-19(30)31)20(23)27-18(28-21)9-12-3-6-14(7-4-12)26-22(32)13-5-8-16(24)17(25)10-13/h3-6,8-10H,7,11H2,1-2H3,(H,26,32)(H,30,31);3-9,11H,10,12H2,1-2H3,(H,25,31)(H,29,30);3-8,10H,9,11H2,1-2H3,(H,26,32)(H,30,31). The van der Waals surface area contributed by atoms with Crippen LogP contribution in [0, 0.1) is 11.6 Å². The average molecular weight is 1410 g/mol. The van der Waals surface area contributed by atoms with Crippen molar-refractivity contribution >= 4 is 140 Å². The summed E-state index contributed by atoms with van der Waals surface area (Å²) in [5.74, 6) is -3.63. The maximum absolute atomic E-state index is 13.3. The van der Waals surface area contributed by atoms with E-state index < -0.39 is 35.4 Å². The highest BCUT2D eigenvalue weighted by atomic mass is 35.5. The molecule has 3 aromatic heterocycles. The molecule has 0 spiro atoms. The number of amides is 3. The monoisotopic (exact) mass is 1410 g/mol. The third-order valence-corrected chi connectivity index (χ3v) is 14.9. The zero-order chi connectivity index (χ0) is 69.4. The number of hydrogen-bond acceptors (Lipinski definition) is 15. The van der Waals surface area contributed by atoms with Crippen LogP contribution in [0.25, 0.3) is 0 Å². The van der Waals surface area contributed by atoms with Crippen molar-refractivity contribution in [3.8, 4) is 0 Å². The summed E-state index contributed by atoms with van der Waals surface area (Å²) in [5, 5.41) is 37.1. The highest BCUT2D eigenvalue weighted by Crippen LogP contribution is 2.29. The Morgan fingerprint density at radius 1 is 0.379 bits per heavy atom. The van der Waals surface area contributed by atoms with E-state index in [1.54, 1.807) is 136 Å². The van der Waals surface area contributed by atoms with Crippen LogP contribution in [0.15, 0.2) is 133 Å². The molecule has 0 unspecified atom stereocenters. The first-order chi connectivity index (χ1) is 45.0. The third-order valence-electron chi connectivity index (χ3n) is 13.3. The van der Waals surface area contributed by atoms with Crippen molar-refractivity contribution in [1.29, 1.82) is 0 Å². The van der Waals surface area contributed by atoms with Crippen LogP contribution in [0.5, 0.6) is 0 Å². The molecule has 95 heavy (non-hydrogen) atoms. The lowest BCUT2D eigenvalue weighted by molar-refractivity contribution is -0.137. The second kappa shape index (κ2) is 33.5. The lowest BCUT2D eigenvalue weighted by Gasteiger charge is -2.17. The molecule has 9 rings (SSSR count). The van der Waals surface area contributed by atoms with Gasteiger partial charge in [-0.3, -0.25) is 28.8 Å². The van der Waals surface area contributed by atoms with E-state index in [0.29, 0.717) is 114 Å². The van der Waals surface area contributed by atoms with Crippen LogP contribution in [0.4, 0.5) is 43.3 Å². The highest BCUT2D eigenvalue weighted by Gasteiger charge is 2.22. The number of halogens is 8. The van der Waals surface area contributed by atoms with Gasteiger partial charge >= 0.3 is 17.9 Å². The summed E-state index contributed by atoms with van der Waals surface area (Å²) in [6, 6.07) is 35.5. The van der Waals surface area contributed by atoms with E-state index in [2.05, 4.69) is 45.9 Å². The predicted octanol–water partition coefficient (Wildman–Crippen LogP) is 13.2. The summed E-state index contributed by atoms with van der Waals surface area (Å²) in [5.41, 5.74) is 6.22. The number of aromatic nitrogens is 6. The quantitative estimate of drug-likeness (QED) is 0.0365. The Morgan fingerprint density at radius 3 is 1.00 bits per heavy atom. The van der Waals surface area contributed by atoms with Crippen LogP contribution in [-0.4, -0.2) is 123 Å². The minimum atomic E-state index is -1.10. The summed E-state index contributed by atoms with van der Waals surface area (Å²) >= 11 is 36.5. The molecule has 0 saturated heterocycles. The number of nitrogens with zero attached hydrogens (tertiary/aromatic N) is 9. The van der Waals surface area contributed by atoms with Crippen LogP contribution in [0.3, 0.4) is 0 Å². The molecule has 21 nitrogen and oxygen atoms in total. The van der Waals surface area contributed by atoms with Gasteiger partial charge in [-0.15, -0.1) is 0 Å². The molecule has 0 bridgehead atoms. The third kappa shape index (κ3) is 21.5. The Morgan fingerprint density at radius 2 is 0.695 bits per heavy atom. The van der Waals surface area contributed by atoms with Crippen molar-refractivity contribution < 1.29 is 52.9 Å². The van der Waals surface area contributed by atoms with Crippen molar-refractivity contribution in [3.63, 3.8) is 0 Å². The van der Waals surface area contributed by atoms with Gasteiger partial charge in [0.1, 0.15) is 50.4 Å². The van der Waals surface area contributed by atoms with E-state index in [1.807, 2.05) is 24.3 Å². The largest absolute Gasteiger partial charge is 0.481 e. The van der Waals surface area contributed by atoms with Gasteiger partial charge in [-0.2, -0.15) is 0 Å². The Labute approximate surface area is 573 Å². The fourth-order valence-electron chi connectivity index (χ4n) is 8.95. The van der Waals surface area contributed by atoms with Gasteiger partial charge in [0.05, 0.1) is 19.3 Å². The van der Waals surface area contributed by atoms with Crippen molar-refractivity contribution in [2.24, 2.45) is 0 Å². The number of aliphatic carboxylic acids is 3. The van der Waals surface area contributed by atoms with Crippen LogP contribution in [-0.2, 0) is 52.9 Å². The Hall–Kier alpha value is -9.62. The number of rotatable bonds is 21. The molecule has 6 N–H and O–H groups in total. The fraction of sp³-hybridized carbons (Fsp3) is 0.182. The van der Waals surface area contributed by atoms with Gasteiger partial charge < -0.3 is 46.0 Å². The van der Waals surface area contributed by atoms with Gasteiger partial charge in [0.15, 0.2) is 11.6 Å². The summed E-state index contributed by atoms with van der Waals surface area (Å²) in [6.07, 6.45) is 0.291. The number of anilines is 6. The van der Waals surface area contributed by atoms with Crippen LogP contribution in [0.1, 0.15) is 81.9 Å². The number of carboxylic acids is 3. The maximum Gasteiger partial charge on any atom is 0.308 e. The van der Waals surface area contributed by atoms with Crippen LogP contribution in [0.2, 0.25) is 30.5 Å². The van der Waals surface area contributed by atoms with Gasteiger partial charge in [-0.25, -0.2) is 38.7 Å². The van der Waals surface area contributed by atoms with Gasteiger partial charge in [0, 0.05) is 127 Å². The summed E-state index contributed by atoms with van der Waals surface area (Å²) in [7, 11) is 10.5. The Balaban J connectivity index is 0.000000201. The fourth-order valence-corrected chi connectivity index (χ4v) is 10.4. The van der Waals surface area contributed by atoms with E-state index in [-0.39, 0.29) is 52.1 Å². The number of carbonyl (C=O) groups is 6. The lowest BCUT2D eigenvalue weighted by Crippen LogP contribution is -2.18. The molecule has 0 aliphatic heterocycles. The Kier molecular flexibility index (Phi) is 25.7. The van der Waals surface area contributed by atoms with E-state index in [0.717, 1.165) is 28.8 Å². The van der Waals surface area contributed by atoms with Gasteiger partial charge in [0.2, 0.25) is 0 Å². The number of carbonyl (C=O) groups excluding carboxylic acids is 3. The van der Waals surface area contributed by atoms with Crippen molar-refractivity contribution in [2.75, 3.05) is 72.9 Å². The van der Waals surface area contributed by atoms with E-state index in [9.17, 15) is 37.5 Å². The molecule has 3 heterocycles. The van der Waals surface area contributed by atoms with Gasteiger partial charge in [-0.05, 0) is 108 Å². The summed E-state index contributed by atoms with van der Waals surface area (Å²) < 4.78 is 26.4. The molecule has 0 aliphatic carbocycles. The van der Waals surface area contributed by atoms with Crippen LogP contribution >= 0.6 is 69.6 Å². The molecule has 3 amide bonds. The van der Waals surface area contributed by atoms with Crippen molar-refractivity contribution in [2.45, 2.75) is 38.5 Å². The molecule has 0 fully saturated rings. The van der Waals surface area contributed by atoms with E-state index in [1.165, 1.54) is 18.2 Å². The molecule has 0 atom stereocenters. The Bertz CT molecular complexity index is 4310.